The number of amides is 1. The molecule has 4 rings (SSSR count). The van der Waals surface area contributed by atoms with Gasteiger partial charge < -0.3 is 19.9 Å². The Hall–Kier alpha value is -3.75. The fraction of sp³-hybridized carbons (Fsp3) is 0.333. The zero-order valence-corrected chi connectivity index (χ0v) is 23.3. The summed E-state index contributed by atoms with van der Waals surface area (Å²) in [6.45, 7) is 7.51. The molecule has 1 aliphatic rings. The minimum absolute atomic E-state index is 0.0361. The van der Waals surface area contributed by atoms with Gasteiger partial charge in [0.05, 0.1) is 24.2 Å². The standard InChI is InChI=1S/C30H32ClN3O5/c1-30(2,3)28-12-18(17-34-28)11-20(35)13-19-5-6-21(14-24(19)31)39-26-7-8-33-25-16-27(38-10-9-37-4)23(29(32)36)15-22(25)26/h5-8,12,14-16H,9-11,13,17H2,1-4H3,(H2,32,36). The third-order valence-corrected chi connectivity index (χ3v) is 6.59. The highest BCUT2D eigenvalue weighted by Gasteiger charge is 2.22. The van der Waals surface area contributed by atoms with Gasteiger partial charge in [0.25, 0.3) is 5.91 Å². The summed E-state index contributed by atoms with van der Waals surface area (Å²) in [5.41, 5.74) is 9.10. The van der Waals surface area contributed by atoms with Gasteiger partial charge in [0, 0.05) is 53.8 Å². The van der Waals surface area contributed by atoms with E-state index in [0.717, 1.165) is 16.8 Å². The van der Waals surface area contributed by atoms with E-state index in [1.54, 1.807) is 49.7 Å². The number of ketones is 1. The van der Waals surface area contributed by atoms with Crippen LogP contribution in [0, 0.1) is 5.41 Å². The Morgan fingerprint density at radius 1 is 1.05 bits per heavy atom. The summed E-state index contributed by atoms with van der Waals surface area (Å²) < 4.78 is 16.8. The zero-order valence-electron chi connectivity index (χ0n) is 22.5. The van der Waals surface area contributed by atoms with Crippen LogP contribution in [0.5, 0.6) is 17.2 Å². The minimum atomic E-state index is -0.634. The largest absolute Gasteiger partial charge is 0.490 e. The fourth-order valence-corrected chi connectivity index (χ4v) is 4.44. The van der Waals surface area contributed by atoms with Crippen molar-refractivity contribution in [1.82, 2.24) is 4.98 Å². The van der Waals surface area contributed by atoms with Crippen molar-refractivity contribution < 1.29 is 23.8 Å². The topological polar surface area (TPSA) is 113 Å². The lowest BCUT2D eigenvalue weighted by Gasteiger charge is -2.16. The van der Waals surface area contributed by atoms with E-state index in [0.29, 0.717) is 52.7 Å². The van der Waals surface area contributed by atoms with Gasteiger partial charge in [-0.3, -0.25) is 19.6 Å². The predicted molar refractivity (Wildman–Crippen MR) is 152 cm³/mol. The molecule has 0 saturated carbocycles. The molecule has 0 atom stereocenters. The highest BCUT2D eigenvalue weighted by atomic mass is 35.5. The number of aliphatic imine (C=N–C) groups is 1. The number of rotatable bonds is 11. The van der Waals surface area contributed by atoms with Crippen LogP contribution in [0.4, 0.5) is 0 Å². The predicted octanol–water partition coefficient (Wildman–Crippen LogP) is 5.73. The maximum Gasteiger partial charge on any atom is 0.252 e. The first-order chi connectivity index (χ1) is 18.5. The summed E-state index contributed by atoms with van der Waals surface area (Å²) in [5, 5.41) is 1.01. The third-order valence-electron chi connectivity index (χ3n) is 6.24. The molecule has 0 unspecified atom stereocenters. The molecule has 204 valence electrons. The van der Waals surface area contributed by atoms with Crippen molar-refractivity contribution in [2.75, 3.05) is 26.9 Å². The number of Topliss-reactive ketones (excluding diaryl/α,β-unsaturated/α-hetero) is 1. The Kier molecular flexibility index (Phi) is 8.67. The van der Waals surface area contributed by atoms with E-state index in [4.69, 9.17) is 31.5 Å². The van der Waals surface area contributed by atoms with E-state index in [1.807, 2.05) is 6.08 Å². The molecule has 0 bridgehead atoms. The average Bonchev–Trinajstić information content (AvgIpc) is 3.34. The zero-order chi connectivity index (χ0) is 28.2. The fourth-order valence-electron chi connectivity index (χ4n) is 4.21. The smallest absolute Gasteiger partial charge is 0.252 e. The number of halogens is 1. The molecule has 9 heteroatoms. The van der Waals surface area contributed by atoms with Crippen LogP contribution in [-0.2, 0) is 16.0 Å². The summed E-state index contributed by atoms with van der Waals surface area (Å²) >= 11 is 6.54. The van der Waals surface area contributed by atoms with E-state index >= 15 is 0 Å². The van der Waals surface area contributed by atoms with Crippen LogP contribution in [0.25, 0.3) is 10.9 Å². The first kappa shape index (κ1) is 28.3. The second-order valence-electron chi connectivity index (χ2n) is 10.4. The van der Waals surface area contributed by atoms with Crippen LogP contribution in [0.15, 0.2) is 59.2 Å². The van der Waals surface area contributed by atoms with Gasteiger partial charge in [-0.25, -0.2) is 0 Å². The van der Waals surface area contributed by atoms with Crippen LogP contribution in [0.1, 0.15) is 43.1 Å². The number of hydrogen-bond acceptors (Lipinski definition) is 7. The monoisotopic (exact) mass is 549 g/mol. The van der Waals surface area contributed by atoms with E-state index in [2.05, 4.69) is 30.7 Å². The van der Waals surface area contributed by atoms with Crippen molar-refractivity contribution in [3.8, 4) is 17.2 Å². The van der Waals surface area contributed by atoms with Crippen LogP contribution in [0.2, 0.25) is 5.02 Å². The molecule has 2 N–H and O–H groups in total. The number of carbonyl (C=O) groups excluding carboxylic acids is 2. The molecular weight excluding hydrogens is 518 g/mol. The van der Waals surface area contributed by atoms with Gasteiger partial charge in [0.2, 0.25) is 0 Å². The van der Waals surface area contributed by atoms with Gasteiger partial charge in [0.1, 0.15) is 29.6 Å². The lowest BCUT2D eigenvalue weighted by molar-refractivity contribution is -0.117. The van der Waals surface area contributed by atoms with Crippen molar-refractivity contribution in [3.63, 3.8) is 0 Å². The highest BCUT2D eigenvalue weighted by Crippen LogP contribution is 2.35. The molecule has 2 heterocycles. The molecule has 1 aromatic heterocycles. The Bertz CT molecular complexity index is 1470. The van der Waals surface area contributed by atoms with Crippen LogP contribution < -0.4 is 15.2 Å². The van der Waals surface area contributed by atoms with Crippen molar-refractivity contribution in [1.29, 1.82) is 0 Å². The number of nitrogens with two attached hydrogens (primary N) is 1. The van der Waals surface area contributed by atoms with Crippen LogP contribution in [-0.4, -0.2) is 49.3 Å². The Morgan fingerprint density at radius 2 is 1.85 bits per heavy atom. The quantitative estimate of drug-likeness (QED) is 0.305. The molecule has 0 saturated heterocycles. The maximum atomic E-state index is 12.8. The van der Waals surface area contributed by atoms with Gasteiger partial charge >= 0.3 is 0 Å². The molecule has 39 heavy (non-hydrogen) atoms. The first-order valence-electron chi connectivity index (χ1n) is 12.6. The number of fused-ring (bicyclic) bond motifs is 1. The third kappa shape index (κ3) is 7.02. The minimum Gasteiger partial charge on any atom is -0.490 e. The molecule has 1 amide bonds. The molecule has 2 aromatic carbocycles. The Balaban J connectivity index is 1.49. The van der Waals surface area contributed by atoms with Crippen molar-refractivity contribution in [2.24, 2.45) is 16.1 Å². The number of hydrogen-bond donors (Lipinski definition) is 1. The van der Waals surface area contributed by atoms with E-state index in [9.17, 15) is 9.59 Å². The molecule has 0 fully saturated rings. The number of allylic oxidation sites excluding steroid dienone is 1. The molecular formula is C30H32ClN3O5. The van der Waals surface area contributed by atoms with Crippen molar-refractivity contribution >= 4 is 39.9 Å². The Labute approximate surface area is 232 Å². The average molecular weight is 550 g/mol. The van der Waals surface area contributed by atoms with Gasteiger partial charge in [-0.2, -0.15) is 0 Å². The van der Waals surface area contributed by atoms with Gasteiger partial charge in [-0.1, -0.05) is 38.4 Å². The van der Waals surface area contributed by atoms with Crippen molar-refractivity contribution in [2.45, 2.75) is 33.6 Å². The molecule has 3 aromatic rings. The number of primary amides is 1. The molecule has 8 nitrogen and oxygen atoms in total. The summed E-state index contributed by atoms with van der Waals surface area (Å²) in [6, 6.07) is 10.2. The summed E-state index contributed by atoms with van der Waals surface area (Å²) in [5.74, 6) is 0.707. The van der Waals surface area contributed by atoms with Gasteiger partial charge in [0.15, 0.2) is 0 Å². The molecule has 1 aliphatic heterocycles. The molecule has 0 aliphatic carbocycles. The van der Waals surface area contributed by atoms with E-state index < -0.39 is 5.91 Å². The number of nitrogens with zero attached hydrogens (tertiary/aromatic N) is 2. The SMILES string of the molecule is COCCOc1cc2nccc(Oc3ccc(CC(=O)CC4=CC(C(C)(C)C)=NC4)c(Cl)c3)c2cc1C(N)=O. The normalized spacial score (nSPS) is 13.3. The number of ether oxygens (including phenoxy) is 3. The number of pyridine rings is 1. The number of methoxy groups -OCH3 is 1. The summed E-state index contributed by atoms with van der Waals surface area (Å²) in [4.78, 5) is 33.8. The number of aromatic nitrogens is 1. The summed E-state index contributed by atoms with van der Waals surface area (Å²) in [7, 11) is 1.56. The second-order valence-corrected chi connectivity index (χ2v) is 10.8. The van der Waals surface area contributed by atoms with Crippen LogP contribution in [0.3, 0.4) is 0 Å². The molecule has 0 spiro atoms. The van der Waals surface area contributed by atoms with E-state index in [-0.39, 0.29) is 29.8 Å². The van der Waals surface area contributed by atoms with Gasteiger partial charge in [-0.05, 0) is 41.5 Å². The highest BCUT2D eigenvalue weighted by molar-refractivity contribution is 6.31. The second kappa shape index (κ2) is 12.0. The van der Waals surface area contributed by atoms with Gasteiger partial charge in [-0.15, -0.1) is 0 Å². The Morgan fingerprint density at radius 3 is 2.51 bits per heavy atom. The number of benzene rings is 2. The number of carbonyl (C=O) groups is 2. The summed E-state index contributed by atoms with van der Waals surface area (Å²) in [6.07, 6.45) is 4.20. The molecule has 0 radical (unpaired) electrons. The van der Waals surface area contributed by atoms with Crippen LogP contribution >= 0.6 is 11.6 Å². The van der Waals surface area contributed by atoms with Crippen molar-refractivity contribution in [3.05, 3.63) is 70.4 Å². The first-order valence-corrected chi connectivity index (χ1v) is 13.0. The lowest BCUT2D eigenvalue weighted by atomic mass is 9.89. The maximum absolute atomic E-state index is 12.8. The lowest BCUT2D eigenvalue weighted by Crippen LogP contribution is -2.16. The van der Waals surface area contributed by atoms with E-state index in [1.165, 1.54) is 0 Å².